The summed E-state index contributed by atoms with van der Waals surface area (Å²) >= 11 is 0. The third-order valence-corrected chi connectivity index (χ3v) is 5.05. The van der Waals surface area contributed by atoms with Crippen molar-refractivity contribution in [3.63, 3.8) is 0 Å². The van der Waals surface area contributed by atoms with E-state index in [2.05, 4.69) is 34.5 Å². The molecule has 25 heavy (non-hydrogen) atoms. The number of nitrogens with zero attached hydrogens (tertiary/aromatic N) is 2. The molecule has 2 N–H and O–H groups in total. The van der Waals surface area contributed by atoms with Crippen LogP contribution in [-0.4, -0.2) is 65.5 Å². The second-order valence-corrected chi connectivity index (χ2v) is 6.92. The van der Waals surface area contributed by atoms with Gasteiger partial charge in [-0.2, -0.15) is 0 Å². The van der Waals surface area contributed by atoms with Crippen LogP contribution in [-0.2, 0) is 22.6 Å². The van der Waals surface area contributed by atoms with Gasteiger partial charge in [-0.25, -0.2) is 0 Å². The maximum absolute atomic E-state index is 12.1. The van der Waals surface area contributed by atoms with Gasteiger partial charge in [-0.05, 0) is 36.8 Å². The van der Waals surface area contributed by atoms with Crippen molar-refractivity contribution in [1.82, 2.24) is 15.1 Å². The van der Waals surface area contributed by atoms with Crippen LogP contribution in [0.1, 0.15) is 30.4 Å². The highest BCUT2D eigenvalue weighted by Gasteiger charge is 2.26. The van der Waals surface area contributed by atoms with Gasteiger partial charge >= 0.3 is 0 Å². The lowest BCUT2D eigenvalue weighted by atomic mass is 10.00. The molecule has 0 bridgehead atoms. The minimum Gasteiger partial charge on any atom is -0.383 e. The van der Waals surface area contributed by atoms with Gasteiger partial charge in [0.2, 0.25) is 5.91 Å². The molecule has 1 aromatic rings. The molecule has 1 atom stereocenters. The van der Waals surface area contributed by atoms with Crippen molar-refractivity contribution in [2.45, 2.75) is 38.3 Å². The number of carbonyl (C=O) groups is 2. The van der Waals surface area contributed by atoms with Crippen molar-refractivity contribution in [2.24, 2.45) is 0 Å². The molecular weight excluding hydrogens is 318 g/mol. The highest BCUT2D eigenvalue weighted by atomic mass is 16.3. The molecule has 0 aliphatic carbocycles. The van der Waals surface area contributed by atoms with Crippen molar-refractivity contribution in [2.75, 3.05) is 32.7 Å². The van der Waals surface area contributed by atoms with Gasteiger partial charge in [0.1, 0.15) is 6.10 Å². The van der Waals surface area contributed by atoms with E-state index in [0.29, 0.717) is 19.5 Å². The number of hydrogen-bond acceptors (Lipinski definition) is 4. The number of carbonyl (C=O) groups excluding carboxylic acids is 2. The molecule has 0 saturated carbocycles. The van der Waals surface area contributed by atoms with Crippen LogP contribution in [0.5, 0.6) is 0 Å². The van der Waals surface area contributed by atoms with Crippen LogP contribution in [0.3, 0.4) is 0 Å². The van der Waals surface area contributed by atoms with Crippen molar-refractivity contribution < 1.29 is 14.7 Å². The van der Waals surface area contributed by atoms with Crippen LogP contribution in [0.4, 0.5) is 0 Å². The topological polar surface area (TPSA) is 72.9 Å². The lowest BCUT2D eigenvalue weighted by Crippen LogP contribution is -2.45. The summed E-state index contributed by atoms with van der Waals surface area (Å²) < 4.78 is 0. The summed E-state index contributed by atoms with van der Waals surface area (Å²) in [4.78, 5) is 27.9. The number of aliphatic hydroxyl groups excluding tert-OH is 1. The molecule has 6 nitrogen and oxygen atoms in total. The molecule has 2 aliphatic heterocycles. The summed E-state index contributed by atoms with van der Waals surface area (Å²) in [6.07, 6.45) is 2.24. The first-order valence-electron chi connectivity index (χ1n) is 9.16. The number of fused-ring (bicyclic) bond motifs is 1. The minimum absolute atomic E-state index is 0.0404. The van der Waals surface area contributed by atoms with E-state index in [1.165, 1.54) is 16.0 Å². The number of amides is 2. The largest absolute Gasteiger partial charge is 0.383 e. The minimum atomic E-state index is -0.955. The zero-order valence-corrected chi connectivity index (χ0v) is 14.6. The fourth-order valence-corrected chi connectivity index (χ4v) is 3.57. The highest BCUT2D eigenvalue weighted by Crippen LogP contribution is 2.17. The Morgan fingerprint density at radius 1 is 1.20 bits per heavy atom. The SMILES string of the molecule is O=C(CN1CCCCC(O)C1=O)NCCN1CCc2ccccc2C1. The normalized spacial score (nSPS) is 21.6. The van der Waals surface area contributed by atoms with Crippen LogP contribution in [0.2, 0.25) is 0 Å². The van der Waals surface area contributed by atoms with Gasteiger partial charge < -0.3 is 15.3 Å². The van der Waals surface area contributed by atoms with Crippen LogP contribution in [0.25, 0.3) is 0 Å². The van der Waals surface area contributed by atoms with Gasteiger partial charge in [0.25, 0.3) is 5.91 Å². The van der Waals surface area contributed by atoms with Gasteiger partial charge in [0.15, 0.2) is 0 Å². The van der Waals surface area contributed by atoms with Crippen LogP contribution in [0, 0.1) is 0 Å². The molecule has 2 heterocycles. The van der Waals surface area contributed by atoms with E-state index < -0.39 is 6.10 Å². The van der Waals surface area contributed by atoms with Crippen molar-refractivity contribution >= 4 is 11.8 Å². The molecule has 0 aromatic heterocycles. The summed E-state index contributed by atoms with van der Waals surface area (Å²) in [5, 5.41) is 12.6. The zero-order valence-electron chi connectivity index (χ0n) is 14.6. The second kappa shape index (κ2) is 8.45. The average Bonchev–Trinajstić information content (AvgIpc) is 2.77. The van der Waals surface area contributed by atoms with Gasteiger partial charge in [-0.3, -0.25) is 14.5 Å². The third-order valence-electron chi connectivity index (χ3n) is 5.05. The summed E-state index contributed by atoms with van der Waals surface area (Å²) in [5.74, 6) is -0.472. The number of hydrogen-bond donors (Lipinski definition) is 2. The van der Waals surface area contributed by atoms with E-state index >= 15 is 0 Å². The molecule has 1 unspecified atom stereocenters. The Kier molecular flexibility index (Phi) is 6.04. The molecule has 1 aromatic carbocycles. The first kappa shape index (κ1) is 17.9. The Bertz CT molecular complexity index is 620. The average molecular weight is 345 g/mol. The highest BCUT2D eigenvalue weighted by molar-refractivity contribution is 5.87. The standard InChI is InChI=1S/C19H27N3O3/c23-17-7-3-4-10-22(19(17)25)14-18(24)20-9-12-21-11-8-15-5-1-2-6-16(15)13-21/h1-2,5-6,17,23H,3-4,7-14H2,(H,20,24). The van der Waals surface area contributed by atoms with Crippen LogP contribution in [0.15, 0.2) is 24.3 Å². The smallest absolute Gasteiger partial charge is 0.251 e. The van der Waals surface area contributed by atoms with Crippen molar-refractivity contribution in [3.8, 4) is 0 Å². The van der Waals surface area contributed by atoms with Gasteiger partial charge in [0, 0.05) is 32.7 Å². The van der Waals surface area contributed by atoms with E-state index in [1.54, 1.807) is 0 Å². The molecular formula is C19H27N3O3. The predicted molar refractivity (Wildman–Crippen MR) is 94.9 cm³/mol. The predicted octanol–water partition coefficient (Wildman–Crippen LogP) is 0.534. The Morgan fingerprint density at radius 2 is 2.00 bits per heavy atom. The fraction of sp³-hybridized carbons (Fsp3) is 0.579. The van der Waals surface area contributed by atoms with E-state index in [-0.39, 0.29) is 18.4 Å². The lowest BCUT2D eigenvalue weighted by Gasteiger charge is -2.28. The molecule has 2 amide bonds. The van der Waals surface area contributed by atoms with E-state index in [0.717, 1.165) is 38.9 Å². The second-order valence-electron chi connectivity index (χ2n) is 6.92. The van der Waals surface area contributed by atoms with E-state index in [1.807, 2.05) is 0 Å². The summed E-state index contributed by atoms with van der Waals surface area (Å²) in [6.45, 7) is 3.89. The van der Waals surface area contributed by atoms with Gasteiger partial charge in [0.05, 0.1) is 6.54 Å². The molecule has 0 radical (unpaired) electrons. The molecule has 0 spiro atoms. The third kappa shape index (κ3) is 4.80. The molecule has 136 valence electrons. The number of benzene rings is 1. The number of nitrogens with one attached hydrogen (secondary N) is 1. The Labute approximate surface area is 148 Å². The summed E-state index contributed by atoms with van der Waals surface area (Å²) in [5.41, 5.74) is 2.78. The maximum atomic E-state index is 12.1. The van der Waals surface area contributed by atoms with Crippen molar-refractivity contribution in [3.05, 3.63) is 35.4 Å². The molecule has 6 heteroatoms. The molecule has 1 saturated heterocycles. The quantitative estimate of drug-likeness (QED) is 0.817. The monoisotopic (exact) mass is 345 g/mol. The van der Waals surface area contributed by atoms with Crippen LogP contribution >= 0.6 is 0 Å². The van der Waals surface area contributed by atoms with E-state index in [4.69, 9.17) is 0 Å². The van der Waals surface area contributed by atoms with E-state index in [9.17, 15) is 14.7 Å². The summed E-state index contributed by atoms with van der Waals surface area (Å²) in [6, 6.07) is 8.49. The number of likely N-dealkylation sites (tertiary alicyclic amines) is 1. The van der Waals surface area contributed by atoms with Gasteiger partial charge in [-0.1, -0.05) is 24.3 Å². The van der Waals surface area contributed by atoms with Crippen molar-refractivity contribution in [1.29, 1.82) is 0 Å². The Hall–Kier alpha value is -1.92. The molecule has 1 fully saturated rings. The maximum Gasteiger partial charge on any atom is 0.251 e. The first-order chi connectivity index (χ1) is 12.1. The molecule has 2 aliphatic rings. The Morgan fingerprint density at radius 3 is 2.84 bits per heavy atom. The first-order valence-corrected chi connectivity index (χ1v) is 9.16. The van der Waals surface area contributed by atoms with Gasteiger partial charge in [-0.15, -0.1) is 0 Å². The number of aliphatic hydroxyl groups is 1. The lowest BCUT2D eigenvalue weighted by molar-refractivity contribution is -0.142. The zero-order chi connectivity index (χ0) is 17.6. The molecule has 3 rings (SSSR count). The van der Waals surface area contributed by atoms with Crippen LogP contribution < -0.4 is 5.32 Å². The number of rotatable bonds is 5. The fourth-order valence-electron chi connectivity index (χ4n) is 3.57. The Balaban J connectivity index is 1.40. The summed E-state index contributed by atoms with van der Waals surface area (Å²) in [7, 11) is 0.